The number of carbonyl (C=O) groups excluding carboxylic acids is 1. The molecule has 2 N–H and O–H groups in total. The molecule has 0 atom stereocenters. The van der Waals surface area contributed by atoms with Crippen LogP contribution >= 0.6 is 11.6 Å². The predicted molar refractivity (Wildman–Crippen MR) is 112 cm³/mol. The Labute approximate surface area is 177 Å². The lowest BCUT2D eigenvalue weighted by Crippen LogP contribution is -2.20. The maximum Gasteiger partial charge on any atom is 0.432 e. The summed E-state index contributed by atoms with van der Waals surface area (Å²) in [7, 11) is 3.70. The van der Waals surface area contributed by atoms with Crippen molar-refractivity contribution in [1.82, 2.24) is 4.90 Å². The zero-order chi connectivity index (χ0) is 22.3. The van der Waals surface area contributed by atoms with Crippen molar-refractivity contribution in [2.45, 2.75) is 6.18 Å². The van der Waals surface area contributed by atoms with Crippen molar-refractivity contribution in [3.05, 3.63) is 70.8 Å². The maximum absolute atomic E-state index is 12.9. The zero-order valence-corrected chi connectivity index (χ0v) is 17.1. The summed E-state index contributed by atoms with van der Waals surface area (Å²) >= 11 is 6.09. The fourth-order valence-corrected chi connectivity index (χ4v) is 2.50. The molecule has 0 aliphatic rings. The highest BCUT2D eigenvalue weighted by Crippen LogP contribution is 2.27. The summed E-state index contributed by atoms with van der Waals surface area (Å²) in [6.45, 7) is 0.785. The number of nitrogens with zero attached hydrogens (tertiary/aromatic N) is 1. The van der Waals surface area contributed by atoms with Crippen LogP contribution in [0.2, 0.25) is 5.02 Å². The summed E-state index contributed by atoms with van der Waals surface area (Å²) in [6, 6.07) is 12.4. The number of esters is 1. The number of likely N-dealkylation sites (N-methyl/N-ethyl adjacent to an activating group) is 1. The molecule has 0 unspecified atom stereocenters. The number of para-hydroxylation sites is 1. The van der Waals surface area contributed by atoms with Gasteiger partial charge in [-0.2, -0.15) is 13.2 Å². The standard InChI is InChI=1S/C21H21ClF3N3O2/c1-28(2)11-12-30-20(29)15-9-7-14(8-10-15)18(13-19(26)21(23,24)25)27-17-6-4-3-5-16(17)22/h3-10,13,26-27H,11-12H2,1-2H3/b18-13-,26-19?. The predicted octanol–water partition coefficient (Wildman–Crippen LogP) is 5.09. The first-order chi connectivity index (χ1) is 14.1. The van der Waals surface area contributed by atoms with Crippen LogP contribution in [0, 0.1) is 5.41 Å². The molecule has 2 aromatic carbocycles. The van der Waals surface area contributed by atoms with Crippen molar-refractivity contribution in [2.75, 3.05) is 32.6 Å². The highest BCUT2D eigenvalue weighted by atomic mass is 35.5. The van der Waals surface area contributed by atoms with Crippen molar-refractivity contribution in [3.8, 4) is 0 Å². The van der Waals surface area contributed by atoms with Gasteiger partial charge in [-0.1, -0.05) is 35.9 Å². The number of rotatable bonds is 8. The molecule has 5 nitrogen and oxygen atoms in total. The fourth-order valence-electron chi connectivity index (χ4n) is 2.32. The van der Waals surface area contributed by atoms with E-state index in [1.807, 2.05) is 19.0 Å². The Hall–Kier alpha value is -2.84. The summed E-state index contributed by atoms with van der Waals surface area (Å²) in [6.07, 6.45) is -4.13. The number of benzene rings is 2. The molecular weight excluding hydrogens is 419 g/mol. The topological polar surface area (TPSA) is 65.4 Å². The molecule has 0 amide bonds. The monoisotopic (exact) mass is 439 g/mol. The third kappa shape index (κ3) is 6.89. The summed E-state index contributed by atoms with van der Waals surface area (Å²) in [5.41, 5.74) is -0.524. The van der Waals surface area contributed by atoms with E-state index in [1.54, 1.807) is 24.3 Å². The minimum Gasteiger partial charge on any atom is -0.461 e. The first kappa shape index (κ1) is 23.4. The van der Waals surface area contributed by atoms with Gasteiger partial charge >= 0.3 is 12.1 Å². The lowest BCUT2D eigenvalue weighted by Gasteiger charge is -2.15. The molecule has 160 valence electrons. The van der Waals surface area contributed by atoms with Crippen molar-refractivity contribution < 1.29 is 22.7 Å². The number of nitrogens with one attached hydrogen (secondary N) is 2. The largest absolute Gasteiger partial charge is 0.461 e. The number of halogens is 4. The number of carbonyl (C=O) groups is 1. The molecular formula is C21H21ClF3N3O2. The van der Waals surface area contributed by atoms with E-state index < -0.39 is 17.9 Å². The third-order valence-corrected chi connectivity index (χ3v) is 4.27. The summed E-state index contributed by atoms with van der Waals surface area (Å²) in [4.78, 5) is 13.9. The van der Waals surface area contributed by atoms with Gasteiger partial charge in [0.1, 0.15) is 12.3 Å². The maximum atomic E-state index is 12.9. The Morgan fingerprint density at radius 3 is 2.30 bits per heavy atom. The van der Waals surface area contributed by atoms with Gasteiger partial charge in [0.05, 0.1) is 16.3 Å². The molecule has 9 heteroatoms. The molecule has 0 heterocycles. The molecule has 0 saturated heterocycles. The molecule has 0 radical (unpaired) electrons. The van der Waals surface area contributed by atoms with Crippen LogP contribution < -0.4 is 5.32 Å². The first-order valence-electron chi connectivity index (χ1n) is 8.89. The number of ether oxygens (including phenoxy) is 1. The Bertz CT molecular complexity index is 926. The van der Waals surface area contributed by atoms with Gasteiger partial charge in [-0.3, -0.25) is 5.41 Å². The van der Waals surface area contributed by atoms with Crippen LogP contribution in [0.1, 0.15) is 15.9 Å². The number of allylic oxidation sites excluding steroid dienone is 1. The van der Waals surface area contributed by atoms with Crippen molar-refractivity contribution in [2.24, 2.45) is 0 Å². The van der Waals surface area contributed by atoms with Gasteiger partial charge in [-0.15, -0.1) is 0 Å². The second-order valence-corrected chi connectivity index (χ2v) is 7.00. The minimum absolute atomic E-state index is 0.0120. The van der Waals surface area contributed by atoms with Gasteiger partial charge in [0.25, 0.3) is 0 Å². The van der Waals surface area contributed by atoms with E-state index in [2.05, 4.69) is 5.32 Å². The van der Waals surface area contributed by atoms with Crippen LogP contribution in [0.3, 0.4) is 0 Å². The average Bonchev–Trinajstić information content (AvgIpc) is 2.68. The van der Waals surface area contributed by atoms with Crippen LogP contribution in [-0.4, -0.2) is 50.0 Å². The molecule has 0 spiro atoms. The van der Waals surface area contributed by atoms with E-state index in [-0.39, 0.29) is 17.9 Å². The molecule has 0 bridgehead atoms. The van der Waals surface area contributed by atoms with Crippen LogP contribution in [0.5, 0.6) is 0 Å². The lowest BCUT2D eigenvalue weighted by atomic mass is 10.1. The fraction of sp³-hybridized carbons (Fsp3) is 0.238. The van der Waals surface area contributed by atoms with Gasteiger partial charge in [-0.05, 0) is 50.0 Å². The van der Waals surface area contributed by atoms with E-state index in [0.29, 0.717) is 28.9 Å². The highest BCUT2D eigenvalue weighted by molar-refractivity contribution is 6.33. The van der Waals surface area contributed by atoms with E-state index in [9.17, 15) is 18.0 Å². The smallest absolute Gasteiger partial charge is 0.432 e. The molecule has 2 rings (SSSR count). The molecule has 30 heavy (non-hydrogen) atoms. The van der Waals surface area contributed by atoms with Gasteiger partial charge in [0, 0.05) is 12.2 Å². The number of hydrogen-bond donors (Lipinski definition) is 2. The van der Waals surface area contributed by atoms with E-state index in [0.717, 1.165) is 0 Å². The zero-order valence-electron chi connectivity index (χ0n) is 16.4. The van der Waals surface area contributed by atoms with Gasteiger partial charge in [0.2, 0.25) is 0 Å². The molecule has 2 aromatic rings. The Kier molecular flexibility index (Phi) is 8.02. The van der Waals surface area contributed by atoms with Crippen LogP contribution in [0.15, 0.2) is 54.6 Å². The average molecular weight is 440 g/mol. The Balaban J connectivity index is 2.28. The van der Waals surface area contributed by atoms with Crippen molar-refractivity contribution in [3.63, 3.8) is 0 Å². The molecule has 0 aromatic heterocycles. The van der Waals surface area contributed by atoms with E-state index >= 15 is 0 Å². The first-order valence-corrected chi connectivity index (χ1v) is 9.27. The summed E-state index contributed by atoms with van der Waals surface area (Å²) in [5.74, 6) is -0.531. The number of alkyl halides is 3. The number of hydrogen-bond acceptors (Lipinski definition) is 5. The van der Waals surface area contributed by atoms with Gasteiger partial charge in [0.15, 0.2) is 0 Å². The lowest BCUT2D eigenvalue weighted by molar-refractivity contribution is -0.0583. The highest BCUT2D eigenvalue weighted by Gasteiger charge is 2.33. The molecule has 0 saturated carbocycles. The summed E-state index contributed by atoms with van der Waals surface area (Å²) in [5, 5.41) is 10.4. The van der Waals surface area contributed by atoms with Crippen LogP contribution in [0.25, 0.3) is 5.70 Å². The van der Waals surface area contributed by atoms with Crippen molar-refractivity contribution >= 4 is 34.7 Å². The minimum atomic E-state index is -4.80. The van der Waals surface area contributed by atoms with Crippen LogP contribution in [0.4, 0.5) is 18.9 Å². The Morgan fingerprint density at radius 2 is 1.73 bits per heavy atom. The normalized spacial score (nSPS) is 12.0. The quantitative estimate of drug-likeness (QED) is 0.444. The van der Waals surface area contributed by atoms with Gasteiger partial charge < -0.3 is 15.0 Å². The van der Waals surface area contributed by atoms with E-state index in [4.69, 9.17) is 21.7 Å². The van der Waals surface area contributed by atoms with E-state index in [1.165, 1.54) is 24.3 Å². The molecule has 0 aliphatic heterocycles. The Morgan fingerprint density at radius 1 is 1.13 bits per heavy atom. The van der Waals surface area contributed by atoms with Crippen LogP contribution in [-0.2, 0) is 4.74 Å². The second-order valence-electron chi connectivity index (χ2n) is 6.59. The summed E-state index contributed by atoms with van der Waals surface area (Å²) < 4.78 is 43.9. The molecule has 0 fully saturated rings. The third-order valence-electron chi connectivity index (χ3n) is 3.94. The second kappa shape index (κ2) is 10.3. The SMILES string of the molecule is CN(C)CCOC(=O)c1ccc(/C(=C/C(=N)C(F)(F)F)Nc2ccccc2Cl)cc1. The van der Waals surface area contributed by atoms with Crippen molar-refractivity contribution in [1.29, 1.82) is 5.41 Å². The van der Waals surface area contributed by atoms with Gasteiger partial charge in [-0.25, -0.2) is 4.79 Å². The number of anilines is 1. The molecule has 0 aliphatic carbocycles.